The molecular weight excluding hydrogens is 278 g/mol. The lowest BCUT2D eigenvalue weighted by Crippen LogP contribution is -2.39. The van der Waals surface area contributed by atoms with Crippen LogP contribution in [0.15, 0.2) is 11.4 Å². The molecule has 1 saturated heterocycles. The van der Waals surface area contributed by atoms with Crippen LogP contribution in [0.3, 0.4) is 0 Å². The van der Waals surface area contributed by atoms with E-state index in [2.05, 4.69) is 5.32 Å². The number of hydrogen-bond donors (Lipinski definition) is 1. The summed E-state index contributed by atoms with van der Waals surface area (Å²) in [4.78, 5) is 24.4. The van der Waals surface area contributed by atoms with Gasteiger partial charge in [0.2, 0.25) is 0 Å². The lowest BCUT2D eigenvalue weighted by molar-refractivity contribution is -0.380. The highest BCUT2D eigenvalue weighted by molar-refractivity contribution is 7.13. The standard InChI is InChI=1S/C13H19N3O3S/c1-2-15(8-10-3-5-14-6-4-10)13(17)11-7-12(16(18)19)20-9-11/h7,9-10,14H,2-6,8H2,1H3. The summed E-state index contributed by atoms with van der Waals surface area (Å²) in [5.41, 5.74) is 0.428. The van der Waals surface area contributed by atoms with Crippen LogP contribution in [0, 0.1) is 16.0 Å². The summed E-state index contributed by atoms with van der Waals surface area (Å²) in [6.07, 6.45) is 2.15. The average molecular weight is 297 g/mol. The van der Waals surface area contributed by atoms with Crippen molar-refractivity contribution in [3.8, 4) is 0 Å². The van der Waals surface area contributed by atoms with Crippen LogP contribution in [0.1, 0.15) is 30.1 Å². The molecule has 1 N–H and O–H groups in total. The van der Waals surface area contributed by atoms with E-state index in [1.54, 1.807) is 10.3 Å². The molecule has 1 amide bonds. The Kier molecular flexibility index (Phi) is 5.08. The second-order valence-corrected chi connectivity index (χ2v) is 5.86. The minimum atomic E-state index is -0.454. The molecule has 1 aliphatic heterocycles. The molecular formula is C13H19N3O3S. The number of carbonyl (C=O) groups is 1. The maximum absolute atomic E-state index is 12.4. The van der Waals surface area contributed by atoms with Crippen LogP contribution in [-0.4, -0.2) is 41.9 Å². The number of piperidine rings is 1. The SMILES string of the molecule is CCN(CC1CCNCC1)C(=O)c1csc([N+](=O)[O-])c1. The molecule has 0 unspecified atom stereocenters. The third-order valence-electron chi connectivity index (χ3n) is 3.62. The Morgan fingerprint density at radius 2 is 2.25 bits per heavy atom. The fourth-order valence-corrected chi connectivity index (χ4v) is 3.14. The van der Waals surface area contributed by atoms with Gasteiger partial charge >= 0.3 is 5.00 Å². The number of amides is 1. The quantitative estimate of drug-likeness (QED) is 0.667. The van der Waals surface area contributed by atoms with Gasteiger partial charge in [0, 0.05) is 24.5 Å². The molecule has 0 radical (unpaired) electrons. The van der Waals surface area contributed by atoms with Crippen molar-refractivity contribution in [2.45, 2.75) is 19.8 Å². The summed E-state index contributed by atoms with van der Waals surface area (Å²) in [6.45, 7) is 5.31. The lowest BCUT2D eigenvalue weighted by Gasteiger charge is -2.29. The summed E-state index contributed by atoms with van der Waals surface area (Å²) < 4.78 is 0. The third-order valence-corrected chi connectivity index (χ3v) is 4.50. The van der Waals surface area contributed by atoms with E-state index in [9.17, 15) is 14.9 Å². The molecule has 0 aliphatic carbocycles. The Labute approximate surface area is 121 Å². The van der Waals surface area contributed by atoms with E-state index in [0.29, 0.717) is 18.0 Å². The molecule has 2 heterocycles. The molecule has 0 atom stereocenters. The highest BCUT2D eigenvalue weighted by atomic mass is 32.1. The summed E-state index contributed by atoms with van der Waals surface area (Å²) >= 11 is 1.00. The predicted octanol–water partition coefficient (Wildman–Crippen LogP) is 2.12. The highest BCUT2D eigenvalue weighted by Gasteiger charge is 2.23. The zero-order valence-corrected chi connectivity index (χ0v) is 12.3. The molecule has 7 heteroatoms. The monoisotopic (exact) mass is 297 g/mol. The van der Waals surface area contributed by atoms with Gasteiger partial charge in [-0.1, -0.05) is 11.3 Å². The van der Waals surface area contributed by atoms with Crippen molar-refractivity contribution in [2.75, 3.05) is 26.2 Å². The fourth-order valence-electron chi connectivity index (χ4n) is 2.45. The van der Waals surface area contributed by atoms with Gasteiger partial charge in [0.1, 0.15) is 0 Å². The summed E-state index contributed by atoms with van der Waals surface area (Å²) in [5, 5.41) is 15.6. The van der Waals surface area contributed by atoms with E-state index in [1.165, 1.54) is 6.07 Å². The van der Waals surface area contributed by atoms with Crippen molar-refractivity contribution >= 4 is 22.2 Å². The first-order valence-electron chi connectivity index (χ1n) is 6.84. The molecule has 6 nitrogen and oxygen atoms in total. The Bertz CT molecular complexity index is 483. The van der Waals surface area contributed by atoms with E-state index in [4.69, 9.17) is 0 Å². The fraction of sp³-hybridized carbons (Fsp3) is 0.615. The number of nitrogens with zero attached hydrogens (tertiary/aromatic N) is 2. The number of carbonyl (C=O) groups excluding carboxylic acids is 1. The Hall–Kier alpha value is -1.47. The first-order chi connectivity index (χ1) is 9.61. The van der Waals surface area contributed by atoms with Gasteiger partial charge < -0.3 is 10.2 Å². The molecule has 0 spiro atoms. The van der Waals surface area contributed by atoms with Crippen molar-refractivity contribution in [1.29, 1.82) is 0 Å². The number of hydrogen-bond acceptors (Lipinski definition) is 5. The molecule has 1 fully saturated rings. The van der Waals surface area contributed by atoms with Crippen molar-refractivity contribution in [1.82, 2.24) is 10.2 Å². The van der Waals surface area contributed by atoms with E-state index in [1.807, 2.05) is 6.92 Å². The summed E-state index contributed by atoms with van der Waals surface area (Å²) in [7, 11) is 0. The van der Waals surface area contributed by atoms with E-state index < -0.39 is 4.92 Å². The number of nitrogens with one attached hydrogen (secondary N) is 1. The normalized spacial score (nSPS) is 16.1. The molecule has 0 bridgehead atoms. The number of thiophene rings is 1. The maximum Gasteiger partial charge on any atom is 0.324 e. The van der Waals surface area contributed by atoms with Gasteiger partial charge in [-0.2, -0.15) is 0 Å². The Morgan fingerprint density at radius 1 is 1.55 bits per heavy atom. The average Bonchev–Trinajstić information content (AvgIpc) is 2.95. The zero-order chi connectivity index (χ0) is 14.5. The predicted molar refractivity (Wildman–Crippen MR) is 78.1 cm³/mol. The minimum absolute atomic E-state index is 0.0197. The topological polar surface area (TPSA) is 75.5 Å². The summed E-state index contributed by atoms with van der Waals surface area (Å²) in [6, 6.07) is 1.37. The second kappa shape index (κ2) is 6.81. The van der Waals surface area contributed by atoms with Crippen LogP contribution in [0.2, 0.25) is 0 Å². The Morgan fingerprint density at radius 3 is 2.80 bits per heavy atom. The molecule has 1 aromatic heterocycles. The van der Waals surface area contributed by atoms with Crippen LogP contribution >= 0.6 is 11.3 Å². The van der Waals surface area contributed by atoms with Gasteiger partial charge in [0.25, 0.3) is 5.91 Å². The molecule has 2 rings (SSSR count). The number of nitro groups is 1. The molecule has 0 saturated carbocycles. The summed E-state index contributed by atoms with van der Waals surface area (Å²) in [5.74, 6) is 0.421. The van der Waals surface area contributed by atoms with Crippen LogP contribution in [0.4, 0.5) is 5.00 Å². The van der Waals surface area contributed by atoms with Gasteiger partial charge in [-0.05, 0) is 38.8 Å². The van der Waals surface area contributed by atoms with E-state index in [-0.39, 0.29) is 10.9 Å². The third kappa shape index (κ3) is 3.55. The molecule has 110 valence electrons. The van der Waals surface area contributed by atoms with Gasteiger partial charge in [-0.25, -0.2) is 0 Å². The van der Waals surface area contributed by atoms with Crippen LogP contribution in [0.25, 0.3) is 0 Å². The van der Waals surface area contributed by atoms with Crippen molar-refractivity contribution in [2.24, 2.45) is 5.92 Å². The van der Waals surface area contributed by atoms with Gasteiger partial charge in [0.05, 0.1) is 10.5 Å². The second-order valence-electron chi connectivity index (χ2n) is 4.97. The van der Waals surface area contributed by atoms with Crippen LogP contribution in [0.5, 0.6) is 0 Å². The largest absolute Gasteiger partial charge is 0.339 e. The van der Waals surface area contributed by atoms with Crippen molar-refractivity contribution in [3.63, 3.8) is 0 Å². The van der Waals surface area contributed by atoms with Gasteiger partial charge in [-0.3, -0.25) is 14.9 Å². The van der Waals surface area contributed by atoms with Gasteiger partial charge in [-0.15, -0.1) is 0 Å². The minimum Gasteiger partial charge on any atom is -0.339 e. The molecule has 0 aromatic carbocycles. The highest BCUT2D eigenvalue weighted by Crippen LogP contribution is 2.24. The van der Waals surface area contributed by atoms with Crippen molar-refractivity contribution in [3.05, 3.63) is 27.1 Å². The molecule has 1 aliphatic rings. The molecule has 1 aromatic rings. The first kappa shape index (κ1) is 14.9. The molecule has 20 heavy (non-hydrogen) atoms. The zero-order valence-electron chi connectivity index (χ0n) is 11.5. The maximum atomic E-state index is 12.4. The van der Waals surface area contributed by atoms with E-state index >= 15 is 0 Å². The van der Waals surface area contributed by atoms with Gasteiger partial charge in [0.15, 0.2) is 0 Å². The van der Waals surface area contributed by atoms with E-state index in [0.717, 1.165) is 43.8 Å². The number of rotatable bonds is 5. The van der Waals surface area contributed by atoms with Crippen LogP contribution in [-0.2, 0) is 0 Å². The smallest absolute Gasteiger partial charge is 0.324 e. The van der Waals surface area contributed by atoms with Crippen LogP contribution < -0.4 is 5.32 Å². The lowest BCUT2D eigenvalue weighted by atomic mass is 9.97. The van der Waals surface area contributed by atoms with Crippen molar-refractivity contribution < 1.29 is 9.72 Å². The Balaban J connectivity index is 2.01. The first-order valence-corrected chi connectivity index (χ1v) is 7.72.